The molecule has 7 heteroatoms. The maximum atomic E-state index is 12.3. The van der Waals surface area contributed by atoms with E-state index < -0.39 is 9.84 Å². The van der Waals surface area contributed by atoms with Crippen molar-refractivity contribution in [3.05, 3.63) is 53.1 Å². The van der Waals surface area contributed by atoms with Crippen LogP contribution < -0.4 is 9.64 Å². The number of benzene rings is 2. The number of anilines is 1. The molecule has 1 aliphatic heterocycles. The number of amides is 1. The summed E-state index contributed by atoms with van der Waals surface area (Å²) in [4.78, 5) is 14.1. The highest BCUT2D eigenvalue weighted by Crippen LogP contribution is 2.29. The lowest BCUT2D eigenvalue weighted by Crippen LogP contribution is -2.32. The van der Waals surface area contributed by atoms with Crippen LogP contribution in [0.15, 0.2) is 47.4 Å². The van der Waals surface area contributed by atoms with Gasteiger partial charge in [0.1, 0.15) is 5.75 Å². The molecule has 1 heterocycles. The topological polar surface area (TPSA) is 63.7 Å². The standard InChI is InChI=1S/C16H14ClNO4S/c1-23(20,21)14-5-3-13(4-6-14)18-9-11-8-12(17)2-7-15(11)22-10-16(18)19/h2-8H,9-10H2,1H3. The van der Waals surface area contributed by atoms with E-state index in [9.17, 15) is 13.2 Å². The molecule has 0 atom stereocenters. The van der Waals surface area contributed by atoms with E-state index in [4.69, 9.17) is 16.3 Å². The quantitative estimate of drug-likeness (QED) is 0.834. The predicted molar refractivity (Wildman–Crippen MR) is 87.7 cm³/mol. The summed E-state index contributed by atoms with van der Waals surface area (Å²) in [5.41, 5.74) is 1.41. The molecule has 3 rings (SSSR count). The Bertz CT molecular complexity index is 862. The minimum Gasteiger partial charge on any atom is -0.483 e. The van der Waals surface area contributed by atoms with E-state index in [1.165, 1.54) is 12.1 Å². The number of ether oxygens (including phenoxy) is 1. The van der Waals surface area contributed by atoms with Crippen molar-refractivity contribution in [2.75, 3.05) is 17.8 Å². The number of rotatable bonds is 2. The second-order valence-electron chi connectivity index (χ2n) is 5.29. The molecule has 0 spiro atoms. The average Bonchev–Trinajstić information content (AvgIpc) is 2.66. The van der Waals surface area contributed by atoms with E-state index in [2.05, 4.69) is 0 Å². The summed E-state index contributed by atoms with van der Waals surface area (Å²) in [6.45, 7) is 0.232. The zero-order chi connectivity index (χ0) is 16.6. The Balaban J connectivity index is 1.96. The van der Waals surface area contributed by atoms with E-state index >= 15 is 0 Å². The van der Waals surface area contributed by atoms with Gasteiger partial charge in [-0.1, -0.05) is 11.6 Å². The van der Waals surface area contributed by atoms with Crippen molar-refractivity contribution in [2.45, 2.75) is 11.4 Å². The van der Waals surface area contributed by atoms with Crippen LogP contribution in [0.25, 0.3) is 0 Å². The molecule has 120 valence electrons. The first-order valence-corrected chi connectivity index (χ1v) is 9.13. The van der Waals surface area contributed by atoms with Gasteiger partial charge < -0.3 is 9.64 Å². The summed E-state index contributed by atoms with van der Waals surface area (Å²) in [5, 5.41) is 0.564. The van der Waals surface area contributed by atoms with Crippen LogP contribution in [-0.4, -0.2) is 27.2 Å². The van der Waals surface area contributed by atoms with Gasteiger partial charge in [0.2, 0.25) is 0 Å². The molecule has 1 amide bonds. The largest absolute Gasteiger partial charge is 0.483 e. The Morgan fingerprint density at radius 3 is 2.48 bits per heavy atom. The number of hydrogen-bond acceptors (Lipinski definition) is 4. The molecule has 5 nitrogen and oxygen atoms in total. The van der Waals surface area contributed by atoms with Gasteiger partial charge in [0.25, 0.3) is 5.91 Å². The molecule has 0 radical (unpaired) electrons. The van der Waals surface area contributed by atoms with Gasteiger partial charge in [-0.25, -0.2) is 8.42 Å². The summed E-state index contributed by atoms with van der Waals surface area (Å²) in [6.07, 6.45) is 1.14. The van der Waals surface area contributed by atoms with Crippen molar-refractivity contribution in [3.8, 4) is 5.75 Å². The van der Waals surface area contributed by atoms with Gasteiger partial charge in [0.15, 0.2) is 16.4 Å². The number of carbonyl (C=O) groups excluding carboxylic acids is 1. The maximum absolute atomic E-state index is 12.3. The monoisotopic (exact) mass is 351 g/mol. The lowest BCUT2D eigenvalue weighted by Gasteiger charge is -2.20. The molecule has 23 heavy (non-hydrogen) atoms. The van der Waals surface area contributed by atoms with Crippen LogP contribution >= 0.6 is 11.6 Å². The lowest BCUT2D eigenvalue weighted by atomic mass is 10.2. The van der Waals surface area contributed by atoms with E-state index in [1.807, 2.05) is 0 Å². The Morgan fingerprint density at radius 1 is 1.13 bits per heavy atom. The van der Waals surface area contributed by atoms with Crippen LogP contribution in [0.1, 0.15) is 5.56 Å². The zero-order valence-corrected chi connectivity index (χ0v) is 13.9. The summed E-state index contributed by atoms with van der Waals surface area (Å²) < 4.78 is 28.6. The van der Waals surface area contributed by atoms with Gasteiger partial charge in [-0.05, 0) is 42.5 Å². The molecule has 0 N–H and O–H groups in total. The summed E-state index contributed by atoms with van der Waals surface area (Å²) in [5.74, 6) is 0.419. The summed E-state index contributed by atoms with van der Waals surface area (Å²) >= 11 is 6.01. The molecule has 0 saturated carbocycles. The molecule has 0 saturated heterocycles. The number of nitrogens with zero attached hydrogens (tertiary/aromatic N) is 1. The normalized spacial score (nSPS) is 14.9. The fourth-order valence-electron chi connectivity index (χ4n) is 2.40. The lowest BCUT2D eigenvalue weighted by molar-refractivity contribution is -0.120. The van der Waals surface area contributed by atoms with E-state index in [0.29, 0.717) is 23.0 Å². The fraction of sp³-hybridized carbons (Fsp3) is 0.188. The number of fused-ring (bicyclic) bond motifs is 1. The van der Waals surface area contributed by atoms with Gasteiger partial charge in [-0.15, -0.1) is 0 Å². The Kier molecular flexibility index (Phi) is 4.04. The highest BCUT2D eigenvalue weighted by Gasteiger charge is 2.23. The van der Waals surface area contributed by atoms with Crippen LogP contribution in [-0.2, 0) is 21.2 Å². The number of sulfone groups is 1. The van der Waals surface area contributed by atoms with Gasteiger partial charge in [-0.3, -0.25) is 4.79 Å². The van der Waals surface area contributed by atoms with E-state index in [1.54, 1.807) is 35.2 Å². The van der Waals surface area contributed by atoms with Crippen molar-refractivity contribution < 1.29 is 17.9 Å². The Hall–Kier alpha value is -2.05. The SMILES string of the molecule is CS(=O)(=O)c1ccc(N2Cc3cc(Cl)ccc3OCC2=O)cc1. The third-order valence-electron chi connectivity index (χ3n) is 3.58. The minimum absolute atomic E-state index is 0.0809. The van der Waals surface area contributed by atoms with Crippen LogP contribution in [0.5, 0.6) is 5.75 Å². The Morgan fingerprint density at radius 2 is 1.83 bits per heavy atom. The van der Waals surface area contributed by atoms with Gasteiger partial charge in [0, 0.05) is 22.5 Å². The maximum Gasteiger partial charge on any atom is 0.265 e. The highest BCUT2D eigenvalue weighted by atomic mass is 35.5. The first kappa shape index (κ1) is 15.8. The second kappa shape index (κ2) is 5.86. The van der Waals surface area contributed by atoms with Crippen LogP contribution in [0.2, 0.25) is 5.02 Å². The summed E-state index contributed by atoms with van der Waals surface area (Å²) in [6, 6.07) is 11.4. The van der Waals surface area contributed by atoms with E-state index in [-0.39, 0.29) is 17.4 Å². The van der Waals surface area contributed by atoms with Crippen molar-refractivity contribution in [1.82, 2.24) is 0 Å². The third-order valence-corrected chi connectivity index (χ3v) is 4.94. The van der Waals surface area contributed by atoms with Gasteiger partial charge in [-0.2, -0.15) is 0 Å². The van der Waals surface area contributed by atoms with Crippen LogP contribution in [0, 0.1) is 0 Å². The highest BCUT2D eigenvalue weighted by molar-refractivity contribution is 7.90. The van der Waals surface area contributed by atoms with Crippen molar-refractivity contribution in [3.63, 3.8) is 0 Å². The van der Waals surface area contributed by atoms with Crippen molar-refractivity contribution >= 4 is 33.0 Å². The molecule has 0 aromatic heterocycles. The molecule has 2 aromatic carbocycles. The molecule has 0 unspecified atom stereocenters. The zero-order valence-electron chi connectivity index (χ0n) is 12.3. The molecular formula is C16H14ClNO4S. The first-order valence-electron chi connectivity index (χ1n) is 6.86. The average molecular weight is 352 g/mol. The smallest absolute Gasteiger partial charge is 0.265 e. The second-order valence-corrected chi connectivity index (χ2v) is 7.74. The molecule has 0 fully saturated rings. The van der Waals surface area contributed by atoms with Gasteiger partial charge >= 0.3 is 0 Å². The molecule has 0 bridgehead atoms. The molecule has 2 aromatic rings. The molecule has 1 aliphatic rings. The number of carbonyl (C=O) groups is 1. The number of halogens is 1. The van der Waals surface area contributed by atoms with Crippen LogP contribution in [0.4, 0.5) is 5.69 Å². The fourth-order valence-corrected chi connectivity index (χ4v) is 3.22. The predicted octanol–water partition coefficient (Wildman–Crippen LogP) is 2.67. The Labute approximate surface area is 139 Å². The minimum atomic E-state index is -3.27. The van der Waals surface area contributed by atoms with Gasteiger partial charge in [0.05, 0.1) is 11.4 Å². The van der Waals surface area contributed by atoms with E-state index in [0.717, 1.165) is 11.8 Å². The first-order chi connectivity index (χ1) is 10.8. The number of hydrogen-bond donors (Lipinski definition) is 0. The van der Waals surface area contributed by atoms with Crippen molar-refractivity contribution in [2.24, 2.45) is 0 Å². The molecular weight excluding hydrogens is 338 g/mol. The van der Waals surface area contributed by atoms with Crippen LogP contribution in [0.3, 0.4) is 0 Å². The molecule has 0 aliphatic carbocycles. The van der Waals surface area contributed by atoms with Crippen molar-refractivity contribution in [1.29, 1.82) is 0 Å². The summed E-state index contributed by atoms with van der Waals surface area (Å²) in [7, 11) is -3.27. The third kappa shape index (κ3) is 3.33.